The molecule has 0 radical (unpaired) electrons. The van der Waals surface area contributed by atoms with Gasteiger partial charge in [0.15, 0.2) is 0 Å². The Hall–Kier alpha value is -1.56. The zero-order chi connectivity index (χ0) is 12.8. The summed E-state index contributed by atoms with van der Waals surface area (Å²) in [6, 6.07) is 9.42. The highest BCUT2D eigenvalue weighted by Crippen LogP contribution is 2.28. The van der Waals surface area contributed by atoms with Gasteiger partial charge in [0.05, 0.1) is 18.2 Å². The Balaban J connectivity index is 3.03. The van der Waals surface area contributed by atoms with Crippen LogP contribution >= 0.6 is 15.9 Å². The van der Waals surface area contributed by atoms with E-state index in [-0.39, 0.29) is 13.1 Å². The molecule has 0 aromatic heterocycles. The molecular formula is C12H12BrN3O. The summed E-state index contributed by atoms with van der Waals surface area (Å²) < 4.78 is 0.769. The number of aliphatic hydroxyl groups excluding tert-OH is 1. The lowest BCUT2D eigenvalue weighted by atomic mass is 10.1. The Morgan fingerprint density at radius 3 is 2.35 bits per heavy atom. The fraction of sp³-hybridized carbons (Fsp3) is 0.333. The largest absolute Gasteiger partial charge is 0.389 e. The number of nitrogens with zero attached hydrogens (tertiary/aromatic N) is 3. The van der Waals surface area contributed by atoms with Gasteiger partial charge in [0.2, 0.25) is 0 Å². The predicted octanol–water partition coefficient (Wildman–Crippen LogP) is 2.36. The van der Waals surface area contributed by atoms with E-state index in [0.717, 1.165) is 15.7 Å². The first-order valence-corrected chi connectivity index (χ1v) is 5.85. The van der Waals surface area contributed by atoms with Gasteiger partial charge in [-0.05, 0) is 24.6 Å². The van der Waals surface area contributed by atoms with Crippen LogP contribution in [0.25, 0.3) is 0 Å². The molecule has 0 unspecified atom stereocenters. The third kappa shape index (κ3) is 3.45. The Morgan fingerprint density at radius 2 is 1.94 bits per heavy atom. The fourth-order valence-electron chi connectivity index (χ4n) is 1.46. The van der Waals surface area contributed by atoms with Gasteiger partial charge >= 0.3 is 0 Å². The van der Waals surface area contributed by atoms with Crippen LogP contribution in [-0.4, -0.2) is 18.2 Å². The molecule has 0 amide bonds. The van der Waals surface area contributed by atoms with Crippen molar-refractivity contribution in [3.05, 3.63) is 28.2 Å². The summed E-state index contributed by atoms with van der Waals surface area (Å²) in [5.41, 5.74) is 1.56. The quantitative estimate of drug-likeness (QED) is 0.865. The van der Waals surface area contributed by atoms with Gasteiger partial charge in [-0.1, -0.05) is 22.0 Å². The Labute approximate surface area is 109 Å². The number of hydrogen-bond donors (Lipinski definition) is 1. The summed E-state index contributed by atoms with van der Waals surface area (Å²) in [5.74, 6) is 0. The van der Waals surface area contributed by atoms with Crippen molar-refractivity contribution in [1.29, 1.82) is 10.5 Å². The van der Waals surface area contributed by atoms with E-state index in [2.05, 4.69) is 15.9 Å². The second-order valence-electron chi connectivity index (χ2n) is 3.55. The van der Waals surface area contributed by atoms with Crippen LogP contribution in [0.5, 0.6) is 0 Å². The minimum absolute atomic E-state index is 0.161. The molecule has 17 heavy (non-hydrogen) atoms. The molecule has 0 fully saturated rings. The van der Waals surface area contributed by atoms with Crippen LogP contribution in [-0.2, 0) is 0 Å². The summed E-state index contributed by atoms with van der Waals surface area (Å²) in [6.07, 6.45) is -0.557. The maximum absolute atomic E-state index is 9.49. The van der Waals surface area contributed by atoms with E-state index in [9.17, 15) is 5.11 Å². The van der Waals surface area contributed by atoms with Crippen molar-refractivity contribution in [2.75, 3.05) is 18.0 Å². The van der Waals surface area contributed by atoms with Gasteiger partial charge in [0.1, 0.15) is 13.1 Å². The SMILES string of the molecule is C[C@@H](O)c1ccc(N(CC#N)CC#N)cc1Br. The van der Waals surface area contributed by atoms with Crippen LogP contribution in [0.4, 0.5) is 5.69 Å². The van der Waals surface area contributed by atoms with E-state index in [0.29, 0.717) is 0 Å². The molecule has 1 N–H and O–H groups in total. The standard InChI is InChI=1S/C12H12BrN3O/c1-9(17)11-3-2-10(8-12(11)13)16(6-4-14)7-5-15/h2-3,8-9,17H,6-7H2,1H3/t9-/m1/s1. The number of benzene rings is 1. The van der Waals surface area contributed by atoms with Gasteiger partial charge in [-0.15, -0.1) is 0 Å². The Kier molecular flexibility index (Phi) is 4.96. The Morgan fingerprint density at radius 1 is 1.35 bits per heavy atom. The summed E-state index contributed by atoms with van der Waals surface area (Å²) >= 11 is 3.37. The fourth-order valence-corrected chi connectivity index (χ4v) is 2.16. The second-order valence-corrected chi connectivity index (χ2v) is 4.41. The molecular weight excluding hydrogens is 282 g/mol. The van der Waals surface area contributed by atoms with Crippen molar-refractivity contribution in [2.24, 2.45) is 0 Å². The molecule has 0 saturated heterocycles. The van der Waals surface area contributed by atoms with Crippen LogP contribution in [0.3, 0.4) is 0 Å². The molecule has 0 heterocycles. The van der Waals surface area contributed by atoms with Gasteiger partial charge in [0, 0.05) is 10.2 Å². The van der Waals surface area contributed by atoms with E-state index in [1.807, 2.05) is 12.1 Å². The molecule has 88 valence electrons. The molecule has 5 heteroatoms. The van der Waals surface area contributed by atoms with Crippen molar-refractivity contribution in [3.63, 3.8) is 0 Å². The molecule has 1 atom stereocenters. The van der Waals surface area contributed by atoms with Gasteiger partial charge in [-0.2, -0.15) is 10.5 Å². The van der Waals surface area contributed by atoms with E-state index >= 15 is 0 Å². The van der Waals surface area contributed by atoms with Gasteiger partial charge < -0.3 is 10.0 Å². The minimum atomic E-state index is -0.557. The molecule has 0 spiro atoms. The third-order valence-electron chi connectivity index (χ3n) is 2.32. The molecule has 1 aromatic carbocycles. The smallest absolute Gasteiger partial charge is 0.106 e. The van der Waals surface area contributed by atoms with Crippen molar-refractivity contribution in [1.82, 2.24) is 0 Å². The van der Waals surface area contributed by atoms with E-state index in [1.165, 1.54) is 0 Å². The highest BCUT2D eigenvalue weighted by Gasteiger charge is 2.10. The number of halogens is 1. The van der Waals surface area contributed by atoms with E-state index in [1.54, 1.807) is 30.0 Å². The minimum Gasteiger partial charge on any atom is -0.389 e. The third-order valence-corrected chi connectivity index (χ3v) is 3.01. The average Bonchev–Trinajstić information content (AvgIpc) is 2.28. The lowest BCUT2D eigenvalue weighted by molar-refractivity contribution is 0.198. The molecule has 0 aliphatic carbocycles. The Bertz CT molecular complexity index is 458. The number of rotatable bonds is 4. The highest BCUT2D eigenvalue weighted by molar-refractivity contribution is 9.10. The molecule has 1 aromatic rings. The van der Waals surface area contributed by atoms with Crippen LogP contribution in [0.15, 0.2) is 22.7 Å². The van der Waals surface area contributed by atoms with Crippen molar-refractivity contribution in [3.8, 4) is 12.1 Å². The van der Waals surface area contributed by atoms with Gasteiger partial charge in [0.25, 0.3) is 0 Å². The van der Waals surface area contributed by atoms with Crippen molar-refractivity contribution in [2.45, 2.75) is 13.0 Å². The maximum atomic E-state index is 9.49. The second kappa shape index (κ2) is 6.24. The highest BCUT2D eigenvalue weighted by atomic mass is 79.9. The first kappa shape index (κ1) is 13.5. The number of aliphatic hydroxyl groups is 1. The number of nitriles is 2. The first-order chi connectivity index (χ1) is 8.10. The summed E-state index contributed by atoms with van der Waals surface area (Å²) in [5, 5.41) is 26.9. The number of hydrogen-bond acceptors (Lipinski definition) is 4. The summed E-state index contributed by atoms with van der Waals surface area (Å²) in [7, 11) is 0. The predicted molar refractivity (Wildman–Crippen MR) is 68.2 cm³/mol. The molecule has 0 aliphatic heterocycles. The van der Waals surface area contributed by atoms with Crippen LogP contribution < -0.4 is 4.90 Å². The van der Waals surface area contributed by atoms with Gasteiger partial charge in [-0.25, -0.2) is 0 Å². The maximum Gasteiger partial charge on any atom is 0.106 e. The van der Waals surface area contributed by atoms with E-state index in [4.69, 9.17) is 10.5 Å². The van der Waals surface area contributed by atoms with Crippen molar-refractivity contribution >= 4 is 21.6 Å². The molecule has 0 bridgehead atoms. The van der Waals surface area contributed by atoms with Crippen molar-refractivity contribution < 1.29 is 5.11 Å². The zero-order valence-corrected chi connectivity index (χ0v) is 11.0. The molecule has 0 saturated carbocycles. The summed E-state index contributed by atoms with van der Waals surface area (Å²) in [6.45, 7) is 2.00. The molecule has 4 nitrogen and oxygen atoms in total. The number of anilines is 1. The van der Waals surface area contributed by atoms with Crippen LogP contribution in [0, 0.1) is 22.7 Å². The topological polar surface area (TPSA) is 71.0 Å². The first-order valence-electron chi connectivity index (χ1n) is 5.06. The van der Waals surface area contributed by atoms with Gasteiger partial charge in [-0.3, -0.25) is 0 Å². The molecule has 0 aliphatic rings. The van der Waals surface area contributed by atoms with Crippen LogP contribution in [0.2, 0.25) is 0 Å². The van der Waals surface area contributed by atoms with Crippen LogP contribution in [0.1, 0.15) is 18.6 Å². The lowest BCUT2D eigenvalue weighted by Gasteiger charge is -2.19. The summed E-state index contributed by atoms with van der Waals surface area (Å²) in [4.78, 5) is 1.66. The zero-order valence-electron chi connectivity index (χ0n) is 9.39. The normalized spacial score (nSPS) is 11.4. The van der Waals surface area contributed by atoms with E-state index < -0.39 is 6.10 Å². The average molecular weight is 294 g/mol. The monoisotopic (exact) mass is 293 g/mol. The molecule has 1 rings (SSSR count). The lowest BCUT2D eigenvalue weighted by Crippen LogP contribution is -2.23.